The van der Waals surface area contributed by atoms with E-state index in [0.29, 0.717) is 10.7 Å². The second-order valence-corrected chi connectivity index (χ2v) is 5.46. The summed E-state index contributed by atoms with van der Waals surface area (Å²) in [4.78, 5) is 22.2. The highest BCUT2D eigenvalue weighted by molar-refractivity contribution is 7.14. The maximum atomic E-state index is 13.2. The number of aromatic nitrogens is 2. The maximum Gasteiger partial charge on any atom is 0.259 e. The van der Waals surface area contributed by atoms with E-state index in [-0.39, 0.29) is 5.91 Å². The maximum absolute atomic E-state index is 13.2. The molecule has 0 radical (unpaired) electrons. The van der Waals surface area contributed by atoms with Crippen LogP contribution in [0.15, 0.2) is 54.2 Å². The van der Waals surface area contributed by atoms with Gasteiger partial charge < -0.3 is 0 Å². The number of hydrogen-bond acceptors (Lipinski definition) is 4. The lowest BCUT2D eigenvalue weighted by molar-refractivity contribution is 0.0992. The zero-order chi connectivity index (χ0) is 15.5. The number of rotatable bonds is 3. The van der Waals surface area contributed by atoms with E-state index >= 15 is 0 Å². The average Bonchev–Trinajstić information content (AvgIpc) is 3.04. The van der Waals surface area contributed by atoms with Gasteiger partial charge in [0.05, 0.1) is 5.69 Å². The summed E-state index contributed by atoms with van der Waals surface area (Å²) in [6.07, 6.45) is 3.38. The summed E-state index contributed by atoms with van der Waals surface area (Å²) < 4.78 is 13.2. The van der Waals surface area contributed by atoms with Crippen LogP contribution in [0.2, 0.25) is 0 Å². The molecular weight excluding hydrogens is 301 g/mol. The van der Waals surface area contributed by atoms with Crippen molar-refractivity contribution in [2.24, 2.45) is 0 Å². The van der Waals surface area contributed by atoms with Crippen LogP contribution in [-0.4, -0.2) is 22.9 Å². The standard InChI is InChI=1S/C16H12FN3OS/c1-20(15(21)12-3-2-4-13(17)9-12)16-19-14(10-22-16)11-5-7-18-8-6-11/h2-10H,1H3. The van der Waals surface area contributed by atoms with E-state index in [1.165, 1.54) is 34.4 Å². The zero-order valence-electron chi connectivity index (χ0n) is 11.7. The SMILES string of the molecule is CN(C(=O)c1cccc(F)c1)c1nc(-c2ccncc2)cs1. The molecule has 0 saturated carbocycles. The molecule has 0 aliphatic heterocycles. The van der Waals surface area contributed by atoms with Crippen LogP contribution in [0.3, 0.4) is 0 Å². The first kappa shape index (κ1) is 14.3. The summed E-state index contributed by atoms with van der Waals surface area (Å²) in [7, 11) is 1.63. The predicted octanol–water partition coefficient (Wildman–Crippen LogP) is 3.62. The fourth-order valence-electron chi connectivity index (χ4n) is 1.98. The van der Waals surface area contributed by atoms with Crippen molar-refractivity contribution in [3.63, 3.8) is 0 Å². The van der Waals surface area contributed by atoms with Gasteiger partial charge in [-0.3, -0.25) is 14.7 Å². The van der Waals surface area contributed by atoms with Gasteiger partial charge in [0, 0.05) is 35.9 Å². The number of thiazole rings is 1. The van der Waals surface area contributed by atoms with Gasteiger partial charge in [0.15, 0.2) is 5.13 Å². The second kappa shape index (κ2) is 6.03. The van der Waals surface area contributed by atoms with Crippen molar-refractivity contribution in [3.8, 4) is 11.3 Å². The summed E-state index contributed by atoms with van der Waals surface area (Å²) >= 11 is 1.36. The summed E-state index contributed by atoms with van der Waals surface area (Å²) in [5.74, 6) is -0.731. The highest BCUT2D eigenvalue weighted by atomic mass is 32.1. The molecule has 0 bridgehead atoms. The first-order valence-corrected chi connectivity index (χ1v) is 7.42. The normalized spacial score (nSPS) is 10.5. The highest BCUT2D eigenvalue weighted by Crippen LogP contribution is 2.27. The van der Waals surface area contributed by atoms with E-state index in [1.807, 2.05) is 17.5 Å². The van der Waals surface area contributed by atoms with E-state index < -0.39 is 5.82 Å². The molecule has 3 rings (SSSR count). The lowest BCUT2D eigenvalue weighted by Crippen LogP contribution is -2.26. The summed E-state index contributed by atoms with van der Waals surface area (Å²) in [5, 5.41) is 2.43. The van der Waals surface area contributed by atoms with Crippen LogP contribution < -0.4 is 4.90 Å². The Labute approximate surface area is 130 Å². The van der Waals surface area contributed by atoms with E-state index in [4.69, 9.17) is 0 Å². The molecule has 0 unspecified atom stereocenters. The van der Waals surface area contributed by atoms with E-state index in [1.54, 1.807) is 25.5 Å². The number of halogens is 1. The van der Waals surface area contributed by atoms with Gasteiger partial charge in [-0.2, -0.15) is 0 Å². The van der Waals surface area contributed by atoms with Crippen molar-refractivity contribution in [2.75, 3.05) is 11.9 Å². The molecule has 0 spiro atoms. The molecule has 6 heteroatoms. The van der Waals surface area contributed by atoms with Crippen LogP contribution >= 0.6 is 11.3 Å². The predicted molar refractivity (Wildman–Crippen MR) is 84.5 cm³/mol. The van der Waals surface area contributed by atoms with Crippen molar-refractivity contribution in [3.05, 3.63) is 65.6 Å². The zero-order valence-corrected chi connectivity index (χ0v) is 12.5. The van der Waals surface area contributed by atoms with E-state index in [2.05, 4.69) is 9.97 Å². The molecule has 0 aliphatic rings. The molecule has 0 aliphatic carbocycles. The Balaban J connectivity index is 1.85. The molecule has 4 nitrogen and oxygen atoms in total. The lowest BCUT2D eigenvalue weighted by atomic mass is 10.2. The number of pyridine rings is 1. The lowest BCUT2D eigenvalue weighted by Gasteiger charge is -2.13. The molecular formula is C16H12FN3OS. The fraction of sp³-hybridized carbons (Fsp3) is 0.0625. The fourth-order valence-corrected chi connectivity index (χ4v) is 2.77. The van der Waals surface area contributed by atoms with Gasteiger partial charge in [0.1, 0.15) is 5.82 Å². The van der Waals surface area contributed by atoms with Crippen molar-refractivity contribution in [1.82, 2.24) is 9.97 Å². The third kappa shape index (κ3) is 2.87. The quantitative estimate of drug-likeness (QED) is 0.742. The van der Waals surface area contributed by atoms with Crippen LogP contribution in [0, 0.1) is 5.82 Å². The average molecular weight is 313 g/mol. The third-order valence-electron chi connectivity index (χ3n) is 3.13. The Morgan fingerprint density at radius 1 is 1.23 bits per heavy atom. The van der Waals surface area contributed by atoms with Crippen LogP contribution in [-0.2, 0) is 0 Å². The van der Waals surface area contributed by atoms with Crippen molar-refractivity contribution >= 4 is 22.4 Å². The molecule has 1 amide bonds. The minimum Gasteiger partial charge on any atom is -0.287 e. The van der Waals surface area contributed by atoms with Crippen LogP contribution in [0.4, 0.5) is 9.52 Å². The number of carbonyl (C=O) groups is 1. The molecule has 2 heterocycles. The summed E-state index contributed by atoms with van der Waals surface area (Å²) in [6.45, 7) is 0. The molecule has 110 valence electrons. The van der Waals surface area contributed by atoms with Crippen molar-refractivity contribution < 1.29 is 9.18 Å². The van der Waals surface area contributed by atoms with Gasteiger partial charge >= 0.3 is 0 Å². The minimum atomic E-state index is -0.434. The molecule has 0 atom stereocenters. The molecule has 1 aromatic carbocycles. The minimum absolute atomic E-state index is 0.295. The summed E-state index contributed by atoms with van der Waals surface area (Å²) in [5.41, 5.74) is 2.01. The van der Waals surface area contributed by atoms with Gasteiger partial charge in [0.2, 0.25) is 0 Å². The van der Waals surface area contributed by atoms with Crippen LogP contribution in [0.25, 0.3) is 11.3 Å². The van der Waals surface area contributed by atoms with Crippen LogP contribution in [0.5, 0.6) is 0 Å². The molecule has 3 aromatic rings. The van der Waals surface area contributed by atoms with E-state index in [9.17, 15) is 9.18 Å². The Morgan fingerprint density at radius 2 is 2.00 bits per heavy atom. The van der Waals surface area contributed by atoms with Gasteiger partial charge in [-0.1, -0.05) is 6.07 Å². The number of nitrogens with zero attached hydrogens (tertiary/aromatic N) is 3. The third-order valence-corrected chi connectivity index (χ3v) is 4.05. The highest BCUT2D eigenvalue weighted by Gasteiger charge is 2.17. The second-order valence-electron chi connectivity index (χ2n) is 4.63. The molecule has 22 heavy (non-hydrogen) atoms. The molecule has 2 aromatic heterocycles. The first-order chi connectivity index (χ1) is 10.6. The van der Waals surface area contributed by atoms with E-state index in [0.717, 1.165) is 11.3 Å². The molecule has 0 N–H and O–H groups in total. The number of benzene rings is 1. The number of hydrogen-bond donors (Lipinski definition) is 0. The smallest absolute Gasteiger partial charge is 0.259 e. The van der Waals surface area contributed by atoms with Gasteiger partial charge in [0.25, 0.3) is 5.91 Å². The van der Waals surface area contributed by atoms with Gasteiger partial charge in [-0.05, 0) is 30.3 Å². The number of amides is 1. The largest absolute Gasteiger partial charge is 0.287 e. The van der Waals surface area contributed by atoms with Crippen molar-refractivity contribution in [2.45, 2.75) is 0 Å². The Kier molecular flexibility index (Phi) is 3.93. The Morgan fingerprint density at radius 3 is 2.73 bits per heavy atom. The first-order valence-electron chi connectivity index (χ1n) is 6.55. The van der Waals surface area contributed by atoms with Gasteiger partial charge in [-0.25, -0.2) is 9.37 Å². The molecule has 0 fully saturated rings. The molecule has 0 saturated heterocycles. The summed E-state index contributed by atoms with van der Waals surface area (Å²) in [6, 6.07) is 9.33. The van der Waals surface area contributed by atoms with Gasteiger partial charge in [-0.15, -0.1) is 11.3 Å². The van der Waals surface area contributed by atoms with Crippen LogP contribution in [0.1, 0.15) is 10.4 Å². The Hall–Kier alpha value is -2.60. The number of anilines is 1. The monoisotopic (exact) mass is 313 g/mol. The van der Waals surface area contributed by atoms with Crippen molar-refractivity contribution in [1.29, 1.82) is 0 Å². The number of carbonyl (C=O) groups excluding carboxylic acids is 1. The topological polar surface area (TPSA) is 46.1 Å². The Bertz CT molecular complexity index is 804.